The van der Waals surface area contributed by atoms with Gasteiger partial charge in [-0.1, -0.05) is 54.6 Å². The summed E-state index contributed by atoms with van der Waals surface area (Å²) in [6.45, 7) is 6.55. The van der Waals surface area contributed by atoms with Crippen molar-refractivity contribution in [2.24, 2.45) is 0 Å². The van der Waals surface area contributed by atoms with E-state index in [2.05, 4.69) is 11.4 Å². The first-order valence-corrected chi connectivity index (χ1v) is 10.3. The highest BCUT2D eigenvalue weighted by Gasteiger charge is 2.35. The van der Waals surface area contributed by atoms with Crippen LogP contribution < -0.4 is 14.8 Å². The van der Waals surface area contributed by atoms with E-state index >= 15 is 0 Å². The predicted molar refractivity (Wildman–Crippen MR) is 118 cm³/mol. The van der Waals surface area contributed by atoms with Gasteiger partial charge in [0.05, 0.1) is 11.6 Å². The molecule has 1 aliphatic heterocycles. The third-order valence-electron chi connectivity index (χ3n) is 5.30. The number of amides is 1. The van der Waals surface area contributed by atoms with Crippen LogP contribution in [0.25, 0.3) is 0 Å². The Morgan fingerprint density at radius 2 is 1.80 bits per heavy atom. The van der Waals surface area contributed by atoms with Crippen LogP contribution in [0.5, 0.6) is 11.5 Å². The topological polar surface area (TPSA) is 47.6 Å². The Bertz CT molecular complexity index is 1040. The zero-order valence-corrected chi connectivity index (χ0v) is 17.6. The van der Waals surface area contributed by atoms with Gasteiger partial charge >= 0.3 is 0 Å². The maximum Gasteiger partial charge on any atom is 0.255 e. The number of benzene rings is 3. The summed E-state index contributed by atoms with van der Waals surface area (Å²) in [6.07, 6.45) is 0.696. The second kappa shape index (κ2) is 8.23. The lowest BCUT2D eigenvalue weighted by Gasteiger charge is -2.38. The summed E-state index contributed by atoms with van der Waals surface area (Å²) < 4.78 is 12.1. The van der Waals surface area contributed by atoms with Crippen molar-refractivity contribution in [2.45, 2.75) is 45.4 Å². The Labute approximate surface area is 177 Å². The van der Waals surface area contributed by atoms with Crippen molar-refractivity contribution in [2.75, 3.05) is 0 Å². The smallest absolute Gasteiger partial charge is 0.255 e. The van der Waals surface area contributed by atoms with Crippen LogP contribution in [0, 0.1) is 6.92 Å². The predicted octanol–water partition coefficient (Wildman–Crippen LogP) is 5.61. The molecule has 3 aromatic rings. The standard InChI is InChI=1S/C26H27NO3/c1-18-13-14-20-22(16-26(2,3)30-24(20)15-18)27-25(28)21-11-7-8-12-23(21)29-17-19-9-5-4-6-10-19/h4-15,22H,16-17H2,1-3H3,(H,27,28)/t22-/m1/s1. The molecule has 0 aliphatic carbocycles. The second-order valence-corrected chi connectivity index (χ2v) is 8.40. The molecular weight excluding hydrogens is 374 g/mol. The molecule has 0 unspecified atom stereocenters. The number of para-hydroxylation sites is 1. The van der Waals surface area contributed by atoms with Crippen LogP contribution in [0.3, 0.4) is 0 Å². The molecule has 1 aliphatic rings. The average molecular weight is 402 g/mol. The number of carbonyl (C=O) groups excluding carboxylic acids is 1. The minimum absolute atomic E-state index is 0.126. The van der Waals surface area contributed by atoms with Gasteiger partial charge in [-0.15, -0.1) is 0 Å². The first-order chi connectivity index (χ1) is 14.4. The lowest BCUT2D eigenvalue weighted by molar-refractivity contribution is 0.0618. The Kier molecular flexibility index (Phi) is 5.49. The summed E-state index contributed by atoms with van der Waals surface area (Å²) in [5, 5.41) is 3.21. The molecule has 30 heavy (non-hydrogen) atoms. The molecule has 1 N–H and O–H groups in total. The fourth-order valence-electron chi connectivity index (χ4n) is 3.84. The van der Waals surface area contributed by atoms with Gasteiger partial charge < -0.3 is 14.8 Å². The molecule has 0 bridgehead atoms. The zero-order chi connectivity index (χ0) is 21.1. The van der Waals surface area contributed by atoms with Crippen LogP contribution in [0.1, 0.15) is 53.4 Å². The molecule has 1 heterocycles. The Balaban J connectivity index is 1.55. The summed E-state index contributed by atoms with van der Waals surface area (Å²) in [4.78, 5) is 13.2. The highest BCUT2D eigenvalue weighted by atomic mass is 16.5. The van der Waals surface area contributed by atoms with Gasteiger partial charge in [-0.2, -0.15) is 0 Å². The molecule has 1 atom stereocenters. The third-order valence-corrected chi connectivity index (χ3v) is 5.30. The number of aryl methyl sites for hydroxylation is 1. The van der Waals surface area contributed by atoms with Crippen molar-refractivity contribution >= 4 is 5.91 Å². The molecule has 0 radical (unpaired) electrons. The molecule has 0 saturated heterocycles. The number of ether oxygens (including phenoxy) is 2. The van der Waals surface area contributed by atoms with E-state index < -0.39 is 0 Å². The lowest BCUT2D eigenvalue weighted by Crippen LogP contribution is -2.41. The van der Waals surface area contributed by atoms with E-state index in [9.17, 15) is 4.79 Å². The Hall–Kier alpha value is -3.27. The lowest BCUT2D eigenvalue weighted by atomic mass is 9.89. The van der Waals surface area contributed by atoms with Gasteiger partial charge in [0.25, 0.3) is 5.91 Å². The van der Waals surface area contributed by atoms with E-state index in [1.54, 1.807) is 6.07 Å². The SMILES string of the molecule is Cc1ccc2c(c1)OC(C)(C)C[C@H]2NC(=O)c1ccccc1OCc1ccccc1. The summed E-state index contributed by atoms with van der Waals surface area (Å²) in [5.41, 5.74) is 3.38. The van der Waals surface area contributed by atoms with Crippen LogP contribution in [0.2, 0.25) is 0 Å². The number of rotatable bonds is 5. The van der Waals surface area contributed by atoms with Gasteiger partial charge in [0.15, 0.2) is 0 Å². The number of hydrogen-bond acceptors (Lipinski definition) is 3. The number of carbonyl (C=O) groups is 1. The molecule has 0 aromatic heterocycles. The largest absolute Gasteiger partial charge is 0.488 e. The first-order valence-electron chi connectivity index (χ1n) is 10.3. The summed E-state index contributed by atoms with van der Waals surface area (Å²) in [5.74, 6) is 1.27. The van der Waals surface area contributed by atoms with Gasteiger partial charge in [-0.05, 0) is 50.1 Å². The van der Waals surface area contributed by atoms with Gasteiger partial charge in [-0.25, -0.2) is 0 Å². The van der Waals surface area contributed by atoms with E-state index in [1.807, 2.05) is 81.4 Å². The maximum atomic E-state index is 13.2. The Morgan fingerprint density at radius 1 is 1.07 bits per heavy atom. The minimum atomic E-state index is -0.359. The van der Waals surface area contributed by atoms with Crippen LogP contribution in [-0.4, -0.2) is 11.5 Å². The van der Waals surface area contributed by atoms with Crippen LogP contribution in [0.4, 0.5) is 0 Å². The van der Waals surface area contributed by atoms with E-state index in [0.717, 1.165) is 22.4 Å². The normalized spacial score (nSPS) is 16.8. The summed E-state index contributed by atoms with van der Waals surface area (Å²) >= 11 is 0. The zero-order valence-electron chi connectivity index (χ0n) is 17.6. The maximum absolute atomic E-state index is 13.2. The van der Waals surface area contributed by atoms with Crippen molar-refractivity contribution in [1.29, 1.82) is 0 Å². The molecule has 0 saturated carbocycles. The first kappa shape index (κ1) is 20.0. The van der Waals surface area contributed by atoms with Crippen molar-refractivity contribution in [1.82, 2.24) is 5.32 Å². The quantitative estimate of drug-likeness (QED) is 0.605. The van der Waals surface area contributed by atoms with Gasteiger partial charge in [0.1, 0.15) is 23.7 Å². The number of nitrogens with one attached hydrogen (secondary N) is 1. The Morgan fingerprint density at radius 3 is 2.60 bits per heavy atom. The molecule has 4 nitrogen and oxygen atoms in total. The van der Waals surface area contributed by atoms with E-state index in [1.165, 1.54) is 0 Å². The minimum Gasteiger partial charge on any atom is -0.488 e. The fraction of sp³-hybridized carbons (Fsp3) is 0.269. The molecule has 0 spiro atoms. The summed E-state index contributed by atoms with van der Waals surface area (Å²) in [6, 6.07) is 23.3. The van der Waals surface area contributed by atoms with Gasteiger partial charge in [0.2, 0.25) is 0 Å². The average Bonchev–Trinajstić information content (AvgIpc) is 2.72. The highest BCUT2D eigenvalue weighted by Crippen LogP contribution is 2.40. The van der Waals surface area contributed by atoms with E-state index in [4.69, 9.17) is 9.47 Å². The number of fused-ring (bicyclic) bond motifs is 1. The van der Waals surface area contributed by atoms with E-state index in [0.29, 0.717) is 24.3 Å². The fourth-order valence-corrected chi connectivity index (χ4v) is 3.84. The van der Waals surface area contributed by atoms with Gasteiger partial charge in [0, 0.05) is 12.0 Å². The molecule has 0 fully saturated rings. The summed E-state index contributed by atoms with van der Waals surface area (Å²) in [7, 11) is 0. The van der Waals surface area contributed by atoms with Crippen molar-refractivity contribution < 1.29 is 14.3 Å². The van der Waals surface area contributed by atoms with Crippen molar-refractivity contribution in [3.63, 3.8) is 0 Å². The third kappa shape index (κ3) is 4.48. The van der Waals surface area contributed by atoms with Crippen LogP contribution in [0.15, 0.2) is 72.8 Å². The monoisotopic (exact) mass is 401 g/mol. The second-order valence-electron chi connectivity index (χ2n) is 8.40. The van der Waals surface area contributed by atoms with Gasteiger partial charge in [-0.3, -0.25) is 4.79 Å². The van der Waals surface area contributed by atoms with Crippen LogP contribution >= 0.6 is 0 Å². The molecule has 4 rings (SSSR count). The van der Waals surface area contributed by atoms with Crippen molar-refractivity contribution in [3.05, 3.63) is 95.1 Å². The number of hydrogen-bond donors (Lipinski definition) is 1. The van der Waals surface area contributed by atoms with Crippen LogP contribution in [-0.2, 0) is 6.61 Å². The highest BCUT2D eigenvalue weighted by molar-refractivity contribution is 5.97. The molecule has 3 aromatic carbocycles. The van der Waals surface area contributed by atoms with Crippen molar-refractivity contribution in [3.8, 4) is 11.5 Å². The molecule has 4 heteroatoms. The molecule has 154 valence electrons. The molecule has 1 amide bonds. The molecular formula is C26H27NO3. The van der Waals surface area contributed by atoms with E-state index in [-0.39, 0.29) is 17.6 Å².